The molecule has 2 amide bonds. The highest BCUT2D eigenvalue weighted by Gasteiger charge is 2.29. The number of aryl methyl sites for hydroxylation is 2. The van der Waals surface area contributed by atoms with Crippen LogP contribution in [-0.2, 0) is 9.59 Å². The number of carbonyl (C=O) groups is 2. The van der Waals surface area contributed by atoms with Gasteiger partial charge in [-0.25, -0.2) is 0 Å². The molecule has 42 heavy (non-hydrogen) atoms. The number of amides is 2. The summed E-state index contributed by atoms with van der Waals surface area (Å²) in [5.74, 6) is 0.0908. The molecule has 8 heteroatoms. The molecule has 2 aromatic carbocycles. The number of rotatable bonds is 15. The van der Waals surface area contributed by atoms with Gasteiger partial charge in [0, 0.05) is 29.4 Å². The summed E-state index contributed by atoms with van der Waals surface area (Å²) in [7, 11) is 0. The Morgan fingerprint density at radius 3 is 2.31 bits per heavy atom. The summed E-state index contributed by atoms with van der Waals surface area (Å²) < 4.78 is 0. The number of halogens is 1. The first-order chi connectivity index (χ1) is 20.2. The van der Waals surface area contributed by atoms with Crippen LogP contribution in [0.15, 0.2) is 24.3 Å². The Labute approximate surface area is 257 Å². The van der Waals surface area contributed by atoms with Crippen molar-refractivity contribution in [1.82, 2.24) is 10.2 Å². The quantitative estimate of drug-likeness (QED) is 0.190. The molecular weight excluding hydrogens is 546 g/mol. The molecule has 7 nitrogen and oxygen atoms in total. The van der Waals surface area contributed by atoms with Crippen LogP contribution in [0.3, 0.4) is 0 Å². The molecular formula is C34H48ClN5O2. The van der Waals surface area contributed by atoms with Crippen molar-refractivity contribution in [2.75, 3.05) is 36.8 Å². The third-order valence-electron chi connectivity index (χ3n) is 8.39. The number of unbranched alkanes of at least 4 members (excludes halogenated alkanes) is 4. The maximum atomic E-state index is 13.2. The third kappa shape index (κ3) is 9.83. The Balaban J connectivity index is 1.25. The van der Waals surface area contributed by atoms with Crippen LogP contribution in [0.2, 0.25) is 5.02 Å². The van der Waals surface area contributed by atoms with Crippen LogP contribution in [0, 0.1) is 39.0 Å². The van der Waals surface area contributed by atoms with E-state index in [0.717, 1.165) is 118 Å². The minimum Gasteiger partial charge on any atom is -0.326 e. The molecule has 1 saturated heterocycles. The number of hydrogen-bond acceptors (Lipinski definition) is 5. The van der Waals surface area contributed by atoms with Gasteiger partial charge in [0.25, 0.3) is 0 Å². The molecule has 0 bridgehead atoms. The van der Waals surface area contributed by atoms with E-state index in [1.165, 1.54) is 0 Å². The van der Waals surface area contributed by atoms with Crippen LogP contribution < -0.4 is 16.0 Å². The molecule has 1 atom stereocenters. The fraction of sp³-hybridized carbons (Fsp3) is 0.559. The number of carbonyl (C=O) groups excluding carboxylic acids is 2. The molecule has 1 fully saturated rings. The molecule has 3 N–H and O–H groups in total. The van der Waals surface area contributed by atoms with Gasteiger partial charge < -0.3 is 16.0 Å². The highest BCUT2D eigenvalue weighted by atomic mass is 35.5. The number of nitrogens with one attached hydrogen (secondary N) is 3. The largest absolute Gasteiger partial charge is 0.326 e. The van der Waals surface area contributed by atoms with E-state index < -0.39 is 0 Å². The van der Waals surface area contributed by atoms with Crippen LogP contribution in [0.5, 0.6) is 0 Å². The molecule has 0 spiro atoms. The number of piperidine rings is 1. The zero-order valence-corrected chi connectivity index (χ0v) is 26.6. The van der Waals surface area contributed by atoms with E-state index in [9.17, 15) is 14.9 Å². The number of nitrogens with zero attached hydrogens (tertiary/aromatic N) is 2. The summed E-state index contributed by atoms with van der Waals surface area (Å²) in [6, 6.07) is 9.60. The molecule has 1 aliphatic rings. The molecule has 0 aromatic heterocycles. The van der Waals surface area contributed by atoms with E-state index in [-0.39, 0.29) is 17.9 Å². The smallest absolute Gasteiger partial charge is 0.241 e. The highest BCUT2D eigenvalue weighted by molar-refractivity contribution is 6.31. The first kappa shape index (κ1) is 33.6. The Bertz CT molecular complexity index is 1260. The van der Waals surface area contributed by atoms with E-state index in [4.69, 9.17) is 11.6 Å². The van der Waals surface area contributed by atoms with Crippen molar-refractivity contribution in [2.24, 2.45) is 0 Å². The van der Waals surface area contributed by atoms with Crippen molar-refractivity contribution in [3.05, 3.63) is 57.1 Å². The van der Waals surface area contributed by atoms with Crippen LogP contribution in [0.25, 0.3) is 0 Å². The highest BCUT2D eigenvalue weighted by Crippen LogP contribution is 2.28. The Morgan fingerprint density at radius 2 is 1.55 bits per heavy atom. The second-order valence-electron chi connectivity index (χ2n) is 11.6. The van der Waals surface area contributed by atoms with Gasteiger partial charge in [-0.1, -0.05) is 49.4 Å². The zero-order chi connectivity index (χ0) is 30.5. The molecule has 228 valence electrons. The summed E-state index contributed by atoms with van der Waals surface area (Å²) in [5, 5.41) is 19.6. The van der Waals surface area contributed by atoms with E-state index in [0.29, 0.717) is 17.0 Å². The van der Waals surface area contributed by atoms with Crippen molar-refractivity contribution in [1.29, 1.82) is 5.26 Å². The van der Waals surface area contributed by atoms with Crippen LogP contribution in [0.1, 0.15) is 92.0 Å². The Morgan fingerprint density at radius 1 is 0.881 bits per heavy atom. The van der Waals surface area contributed by atoms with Gasteiger partial charge in [-0.3, -0.25) is 14.5 Å². The number of nitriles is 1. The average molecular weight is 594 g/mol. The molecule has 0 aliphatic carbocycles. The van der Waals surface area contributed by atoms with Gasteiger partial charge in [-0.2, -0.15) is 5.26 Å². The summed E-state index contributed by atoms with van der Waals surface area (Å²) in [6.45, 7) is 11.6. The normalized spacial score (nSPS) is 15.3. The molecule has 1 heterocycles. The summed E-state index contributed by atoms with van der Waals surface area (Å²) in [6.07, 6.45) is 9.94. The summed E-state index contributed by atoms with van der Waals surface area (Å²) in [5.41, 5.74) is 5.98. The third-order valence-corrected chi connectivity index (χ3v) is 8.80. The van der Waals surface area contributed by atoms with E-state index in [2.05, 4.69) is 26.9 Å². The van der Waals surface area contributed by atoms with Crippen molar-refractivity contribution < 1.29 is 9.59 Å². The van der Waals surface area contributed by atoms with Gasteiger partial charge in [-0.15, -0.1) is 0 Å². The lowest BCUT2D eigenvalue weighted by Crippen LogP contribution is -2.48. The van der Waals surface area contributed by atoms with Crippen molar-refractivity contribution in [2.45, 2.75) is 97.9 Å². The monoisotopic (exact) mass is 593 g/mol. The van der Waals surface area contributed by atoms with Crippen LogP contribution in [-0.4, -0.2) is 48.9 Å². The van der Waals surface area contributed by atoms with E-state index in [1.54, 1.807) is 6.07 Å². The van der Waals surface area contributed by atoms with Gasteiger partial charge in [0.05, 0.1) is 17.7 Å². The van der Waals surface area contributed by atoms with Crippen molar-refractivity contribution in [3.8, 4) is 6.07 Å². The fourth-order valence-electron chi connectivity index (χ4n) is 5.74. The lowest BCUT2D eigenvalue weighted by Gasteiger charge is -2.35. The first-order valence-electron chi connectivity index (χ1n) is 15.5. The number of hydrogen-bond donors (Lipinski definition) is 3. The molecule has 0 saturated carbocycles. The topological polar surface area (TPSA) is 97.3 Å². The molecule has 1 aliphatic heterocycles. The lowest BCUT2D eigenvalue weighted by molar-refractivity contribution is -0.122. The molecule has 3 rings (SSSR count). The number of benzene rings is 2. The van der Waals surface area contributed by atoms with E-state index in [1.807, 2.05) is 45.9 Å². The first-order valence-corrected chi connectivity index (χ1v) is 15.9. The standard InChI is InChI=1S/C34H48ClN5O2/c1-24-15-17-28(23-36)26(3)32(24)38-31(41)14-8-6-5-7-10-19-37-20-12-22-40-21-11-9-13-30(40)34(42)39-33-25(2)16-18-29(35)27(33)4/h15-18,30,37H,5-14,19-22H2,1-4H3,(H,38,41)(H,39,42). The average Bonchev–Trinajstić information content (AvgIpc) is 2.98. The van der Waals surface area contributed by atoms with Gasteiger partial charge in [0.1, 0.15) is 0 Å². The Kier molecular flexibility index (Phi) is 13.8. The summed E-state index contributed by atoms with van der Waals surface area (Å²) in [4.78, 5) is 28.0. The van der Waals surface area contributed by atoms with Crippen molar-refractivity contribution in [3.63, 3.8) is 0 Å². The minimum absolute atomic E-state index is 0.0149. The van der Waals surface area contributed by atoms with Crippen LogP contribution >= 0.6 is 11.6 Å². The fourth-order valence-corrected chi connectivity index (χ4v) is 5.89. The molecule has 2 aromatic rings. The lowest BCUT2D eigenvalue weighted by atomic mass is 10.0. The van der Waals surface area contributed by atoms with Crippen LogP contribution in [0.4, 0.5) is 11.4 Å². The van der Waals surface area contributed by atoms with Crippen molar-refractivity contribution >= 4 is 34.8 Å². The predicted molar refractivity (Wildman–Crippen MR) is 173 cm³/mol. The SMILES string of the molecule is Cc1ccc(Cl)c(C)c1NC(=O)C1CCCCN1CCCNCCCCCCCC(=O)Nc1c(C)ccc(C#N)c1C. The number of likely N-dealkylation sites (tertiary alicyclic amines) is 1. The second kappa shape index (κ2) is 17.3. The Hall–Kier alpha value is -2.92. The van der Waals surface area contributed by atoms with Gasteiger partial charge in [0.15, 0.2) is 0 Å². The summed E-state index contributed by atoms with van der Waals surface area (Å²) >= 11 is 6.30. The molecule has 0 radical (unpaired) electrons. The second-order valence-corrected chi connectivity index (χ2v) is 12.0. The molecule has 1 unspecified atom stereocenters. The number of anilines is 2. The minimum atomic E-state index is -0.0885. The predicted octanol–water partition coefficient (Wildman–Crippen LogP) is 7.20. The van der Waals surface area contributed by atoms with Gasteiger partial charge in [0.2, 0.25) is 11.8 Å². The van der Waals surface area contributed by atoms with E-state index >= 15 is 0 Å². The van der Waals surface area contributed by atoms with Gasteiger partial charge in [-0.05, 0) is 114 Å². The maximum absolute atomic E-state index is 13.2. The van der Waals surface area contributed by atoms with Gasteiger partial charge >= 0.3 is 0 Å². The zero-order valence-electron chi connectivity index (χ0n) is 25.9. The maximum Gasteiger partial charge on any atom is 0.241 e.